The van der Waals surface area contributed by atoms with E-state index in [1.807, 2.05) is 24.3 Å². The van der Waals surface area contributed by atoms with Gasteiger partial charge in [0, 0.05) is 16.3 Å². The van der Waals surface area contributed by atoms with Crippen molar-refractivity contribution in [3.8, 4) is 0 Å². The maximum Gasteiger partial charge on any atom is 0.358 e. The molecule has 0 radical (unpaired) electrons. The van der Waals surface area contributed by atoms with Crippen LogP contribution in [0.2, 0.25) is 0 Å². The second-order valence-corrected chi connectivity index (χ2v) is 3.46. The van der Waals surface area contributed by atoms with Crippen molar-refractivity contribution in [2.24, 2.45) is 0 Å². The number of fused-ring (bicyclic) bond motifs is 3. The van der Waals surface area contributed by atoms with E-state index in [2.05, 4.69) is 15.2 Å². The van der Waals surface area contributed by atoms with Crippen molar-refractivity contribution >= 4 is 27.8 Å². The predicted molar refractivity (Wildman–Crippen MR) is 58.4 cm³/mol. The number of benzene rings is 1. The Balaban J connectivity index is 2.54. The van der Waals surface area contributed by atoms with Crippen molar-refractivity contribution in [3.05, 3.63) is 36.2 Å². The fourth-order valence-corrected chi connectivity index (χ4v) is 1.83. The van der Waals surface area contributed by atoms with E-state index in [-0.39, 0.29) is 5.69 Å². The molecule has 0 bridgehead atoms. The zero-order valence-corrected chi connectivity index (χ0v) is 8.14. The van der Waals surface area contributed by atoms with E-state index in [4.69, 9.17) is 5.11 Å². The first-order valence-electron chi connectivity index (χ1n) is 4.73. The van der Waals surface area contributed by atoms with Crippen LogP contribution in [0.3, 0.4) is 0 Å². The number of nitrogens with zero attached hydrogens (tertiary/aromatic N) is 2. The molecule has 0 unspecified atom stereocenters. The number of aromatic carboxylic acids is 1. The van der Waals surface area contributed by atoms with Gasteiger partial charge in [-0.15, -0.1) is 5.10 Å². The Morgan fingerprint density at radius 1 is 1.25 bits per heavy atom. The Morgan fingerprint density at radius 3 is 2.88 bits per heavy atom. The Morgan fingerprint density at radius 2 is 2.06 bits per heavy atom. The van der Waals surface area contributed by atoms with Crippen molar-refractivity contribution in [2.75, 3.05) is 0 Å². The minimum absolute atomic E-state index is 0.0475. The van der Waals surface area contributed by atoms with Crippen molar-refractivity contribution in [1.82, 2.24) is 15.2 Å². The van der Waals surface area contributed by atoms with Gasteiger partial charge in [-0.05, 0) is 6.07 Å². The zero-order chi connectivity index (χ0) is 11.1. The lowest BCUT2D eigenvalue weighted by atomic mass is 10.2. The molecule has 3 rings (SSSR count). The molecule has 0 aliphatic rings. The van der Waals surface area contributed by atoms with Crippen molar-refractivity contribution < 1.29 is 9.90 Å². The van der Waals surface area contributed by atoms with Gasteiger partial charge in [-0.2, -0.15) is 5.10 Å². The van der Waals surface area contributed by atoms with Crippen molar-refractivity contribution in [3.63, 3.8) is 0 Å². The summed E-state index contributed by atoms with van der Waals surface area (Å²) in [5.74, 6) is -1.08. The summed E-state index contributed by atoms with van der Waals surface area (Å²) in [7, 11) is 0. The second kappa shape index (κ2) is 3.03. The normalized spacial score (nSPS) is 11.0. The van der Waals surface area contributed by atoms with Gasteiger partial charge in [0.15, 0.2) is 5.69 Å². The van der Waals surface area contributed by atoms with E-state index >= 15 is 0 Å². The highest BCUT2D eigenvalue weighted by Gasteiger charge is 2.14. The molecule has 3 aromatic rings. The fraction of sp³-hybridized carbons (Fsp3) is 0. The molecule has 0 saturated heterocycles. The highest BCUT2D eigenvalue weighted by Crippen LogP contribution is 2.25. The lowest BCUT2D eigenvalue weighted by molar-refractivity contribution is 0.0691. The third-order valence-electron chi connectivity index (χ3n) is 2.53. The highest BCUT2D eigenvalue weighted by molar-refractivity contribution is 6.12. The zero-order valence-electron chi connectivity index (χ0n) is 8.14. The highest BCUT2D eigenvalue weighted by atomic mass is 16.4. The summed E-state index contributed by atoms with van der Waals surface area (Å²) in [5, 5.41) is 18.0. The number of aromatic amines is 1. The molecule has 2 N–H and O–H groups in total. The maximum absolute atomic E-state index is 11.0. The first kappa shape index (κ1) is 8.84. The van der Waals surface area contributed by atoms with Crippen LogP contribution in [0.15, 0.2) is 30.5 Å². The van der Waals surface area contributed by atoms with E-state index < -0.39 is 5.97 Å². The third kappa shape index (κ3) is 1.08. The molecule has 0 atom stereocenters. The van der Waals surface area contributed by atoms with Gasteiger partial charge in [0.2, 0.25) is 0 Å². The van der Waals surface area contributed by atoms with E-state index in [1.54, 1.807) is 6.20 Å². The molecule has 0 spiro atoms. The fourth-order valence-electron chi connectivity index (χ4n) is 1.83. The topological polar surface area (TPSA) is 78.9 Å². The molecule has 0 amide bonds. The molecular weight excluding hydrogens is 206 g/mol. The Bertz CT molecular complexity index is 703. The van der Waals surface area contributed by atoms with Crippen LogP contribution in [0.4, 0.5) is 0 Å². The third-order valence-corrected chi connectivity index (χ3v) is 2.53. The summed E-state index contributed by atoms with van der Waals surface area (Å²) in [4.78, 5) is 14.0. The Labute approximate surface area is 89.7 Å². The number of para-hydroxylation sites is 1. The van der Waals surface area contributed by atoms with Gasteiger partial charge < -0.3 is 10.1 Å². The molecule has 78 valence electrons. The van der Waals surface area contributed by atoms with Crippen LogP contribution in [0.1, 0.15) is 10.5 Å². The van der Waals surface area contributed by atoms with Crippen LogP contribution >= 0.6 is 0 Å². The van der Waals surface area contributed by atoms with Gasteiger partial charge in [0.25, 0.3) is 0 Å². The van der Waals surface area contributed by atoms with E-state index in [1.165, 1.54) is 0 Å². The van der Waals surface area contributed by atoms with Crippen LogP contribution < -0.4 is 0 Å². The molecule has 1 aromatic carbocycles. The van der Waals surface area contributed by atoms with Gasteiger partial charge in [-0.1, -0.05) is 18.2 Å². The smallest absolute Gasteiger partial charge is 0.358 e. The number of aromatic nitrogens is 3. The summed E-state index contributed by atoms with van der Waals surface area (Å²) in [5.41, 5.74) is 1.35. The van der Waals surface area contributed by atoms with Crippen LogP contribution in [0.25, 0.3) is 21.8 Å². The number of hydrogen-bond acceptors (Lipinski definition) is 3. The summed E-state index contributed by atoms with van der Waals surface area (Å²) >= 11 is 0. The van der Waals surface area contributed by atoms with Crippen LogP contribution in [-0.2, 0) is 0 Å². The quantitative estimate of drug-likeness (QED) is 0.646. The first-order chi connectivity index (χ1) is 7.77. The summed E-state index contributed by atoms with van der Waals surface area (Å²) in [6.45, 7) is 0. The average Bonchev–Trinajstić information content (AvgIpc) is 2.67. The molecule has 5 heteroatoms. The van der Waals surface area contributed by atoms with Crippen LogP contribution in [-0.4, -0.2) is 26.3 Å². The first-order valence-corrected chi connectivity index (χ1v) is 4.73. The monoisotopic (exact) mass is 213 g/mol. The average molecular weight is 213 g/mol. The Kier molecular flexibility index (Phi) is 1.67. The summed E-state index contributed by atoms with van der Waals surface area (Å²) in [6, 6.07) is 7.60. The van der Waals surface area contributed by atoms with E-state index in [9.17, 15) is 4.79 Å². The number of carboxylic acid groups (broad SMARTS) is 1. The van der Waals surface area contributed by atoms with Gasteiger partial charge in [-0.25, -0.2) is 4.79 Å². The second-order valence-electron chi connectivity index (χ2n) is 3.46. The lowest BCUT2D eigenvalue weighted by Gasteiger charge is -1.93. The lowest BCUT2D eigenvalue weighted by Crippen LogP contribution is -2.02. The van der Waals surface area contributed by atoms with Crippen molar-refractivity contribution in [2.45, 2.75) is 0 Å². The number of carbonyl (C=O) groups is 1. The summed E-state index contributed by atoms with van der Waals surface area (Å²) < 4.78 is 0. The van der Waals surface area contributed by atoms with Gasteiger partial charge in [0.1, 0.15) is 0 Å². The molecule has 16 heavy (non-hydrogen) atoms. The largest absolute Gasteiger partial charge is 0.476 e. The minimum Gasteiger partial charge on any atom is -0.476 e. The van der Waals surface area contributed by atoms with E-state index in [0.29, 0.717) is 5.52 Å². The molecule has 5 nitrogen and oxygen atoms in total. The SMILES string of the molecule is O=C(O)c1nncc2c1[nH]c1ccccc12. The minimum atomic E-state index is -1.08. The van der Waals surface area contributed by atoms with Crippen LogP contribution in [0, 0.1) is 0 Å². The molecular formula is C11H7N3O2. The standard InChI is InChI=1S/C11H7N3O2/c15-11(16)10-9-7(5-12-14-10)6-3-1-2-4-8(6)13-9/h1-5,13H,(H,15,16). The number of H-pyrrole nitrogens is 1. The molecule has 2 aromatic heterocycles. The molecule has 2 heterocycles. The van der Waals surface area contributed by atoms with Crippen LogP contribution in [0.5, 0.6) is 0 Å². The predicted octanol–water partition coefficient (Wildman–Crippen LogP) is 1.81. The van der Waals surface area contributed by atoms with Gasteiger partial charge >= 0.3 is 5.97 Å². The van der Waals surface area contributed by atoms with Gasteiger partial charge in [-0.3, -0.25) is 0 Å². The molecule has 0 saturated carbocycles. The number of carboxylic acids is 1. The molecule has 0 fully saturated rings. The van der Waals surface area contributed by atoms with Crippen molar-refractivity contribution in [1.29, 1.82) is 0 Å². The number of nitrogens with one attached hydrogen (secondary N) is 1. The van der Waals surface area contributed by atoms with Gasteiger partial charge in [0.05, 0.1) is 11.7 Å². The maximum atomic E-state index is 11.0. The molecule has 0 aliphatic heterocycles. The number of hydrogen-bond donors (Lipinski definition) is 2. The Hall–Kier alpha value is -2.43. The summed E-state index contributed by atoms with van der Waals surface area (Å²) in [6.07, 6.45) is 1.57. The number of rotatable bonds is 1. The molecule has 0 aliphatic carbocycles. The van der Waals surface area contributed by atoms with E-state index in [0.717, 1.165) is 16.3 Å².